The molecule has 4 aromatic rings. The summed E-state index contributed by atoms with van der Waals surface area (Å²) in [6, 6.07) is 10.7. The zero-order valence-corrected chi connectivity index (χ0v) is 23.4. The minimum Gasteiger partial charge on any atom is -0.373 e. The van der Waals surface area contributed by atoms with Gasteiger partial charge in [-0.2, -0.15) is 0 Å². The summed E-state index contributed by atoms with van der Waals surface area (Å²) in [4.78, 5) is 15.8. The zero-order valence-electron chi connectivity index (χ0n) is 21.2. The normalized spacial score (nSPS) is 11.9. The van der Waals surface area contributed by atoms with Gasteiger partial charge in [0.25, 0.3) is 0 Å². The molecule has 0 bridgehead atoms. The molecule has 0 atom stereocenters. The van der Waals surface area contributed by atoms with E-state index in [1.165, 1.54) is 0 Å². The van der Waals surface area contributed by atoms with Gasteiger partial charge in [-0.05, 0) is 37.4 Å². The van der Waals surface area contributed by atoms with Crippen LogP contribution in [0.25, 0.3) is 22.6 Å². The van der Waals surface area contributed by atoms with Crippen molar-refractivity contribution in [3.05, 3.63) is 83.3 Å². The second kappa shape index (κ2) is 10.4. The van der Waals surface area contributed by atoms with Gasteiger partial charge >= 0.3 is 21.1 Å². The van der Waals surface area contributed by atoms with E-state index in [9.17, 15) is 17.6 Å². The van der Waals surface area contributed by atoms with Gasteiger partial charge in [-0.15, -0.1) is 12.1 Å². The van der Waals surface area contributed by atoms with Gasteiger partial charge in [0, 0.05) is 24.4 Å². The van der Waals surface area contributed by atoms with Gasteiger partial charge in [-0.1, -0.05) is 55.7 Å². The van der Waals surface area contributed by atoms with E-state index in [0.717, 1.165) is 17.7 Å². The maximum Gasteiger partial charge on any atom is 2.00 e. The number of aryl methyl sites for hydroxylation is 1. The molecular formula is C27H25F4N5Pt. The van der Waals surface area contributed by atoms with Gasteiger partial charge in [0.05, 0.1) is 11.5 Å². The number of aromatic nitrogens is 5. The molecule has 0 spiro atoms. The molecule has 0 aliphatic rings. The average Bonchev–Trinajstić information content (AvgIpc) is 3.14. The SMILES string of the molecule is Cn1cc(C(C)(C)c2cc(CC(C)(C)C)cc(-c3[c-]cc(F)nc3F)n2)nc1-c1[c-]cc(F)nc1F.[Pt+2]. The smallest absolute Gasteiger partial charge is 0.373 e. The third-order valence-corrected chi connectivity index (χ3v) is 5.75. The van der Waals surface area contributed by atoms with Crippen molar-refractivity contribution in [1.82, 2.24) is 24.5 Å². The van der Waals surface area contributed by atoms with Crippen LogP contribution >= 0.6 is 0 Å². The Kier molecular flexibility index (Phi) is 8.08. The molecule has 4 heterocycles. The van der Waals surface area contributed by atoms with Crippen LogP contribution in [0.15, 0.2) is 30.5 Å². The van der Waals surface area contributed by atoms with Crippen LogP contribution in [0.1, 0.15) is 51.6 Å². The zero-order chi connectivity index (χ0) is 26.4. The molecule has 196 valence electrons. The fourth-order valence-electron chi connectivity index (χ4n) is 3.96. The molecule has 0 saturated carbocycles. The number of hydrogen-bond acceptors (Lipinski definition) is 4. The number of pyridine rings is 3. The van der Waals surface area contributed by atoms with Gasteiger partial charge in [-0.3, -0.25) is 15.0 Å². The third kappa shape index (κ3) is 6.15. The first-order valence-electron chi connectivity index (χ1n) is 11.3. The summed E-state index contributed by atoms with van der Waals surface area (Å²) in [5.74, 6) is -3.75. The Morgan fingerprint density at radius 3 is 1.89 bits per heavy atom. The van der Waals surface area contributed by atoms with Crippen molar-refractivity contribution in [1.29, 1.82) is 0 Å². The molecule has 4 aromatic heterocycles. The van der Waals surface area contributed by atoms with E-state index in [2.05, 4.69) is 52.8 Å². The monoisotopic (exact) mass is 690 g/mol. The van der Waals surface area contributed by atoms with Gasteiger partial charge in [0.2, 0.25) is 0 Å². The number of nitrogens with zero attached hydrogens (tertiary/aromatic N) is 5. The van der Waals surface area contributed by atoms with Crippen LogP contribution in [-0.4, -0.2) is 24.5 Å². The van der Waals surface area contributed by atoms with Gasteiger partial charge in [-0.25, -0.2) is 17.6 Å². The number of imidazole rings is 1. The first-order valence-corrected chi connectivity index (χ1v) is 11.3. The standard InChI is InChI=1S/C27H25F4N5.Pt/c1-26(2,3)13-15-11-18(16-7-9-21(28)34-23(16)30)32-19(12-15)27(4,5)20-14-36(6)25(33-20)17-8-10-22(29)35-24(17)31;/h9-12,14H,13H2,1-6H3;/q-2;+2. The minimum atomic E-state index is -1.02. The van der Waals surface area contributed by atoms with E-state index in [0.29, 0.717) is 17.8 Å². The van der Waals surface area contributed by atoms with Crippen molar-refractivity contribution in [2.45, 2.75) is 46.5 Å². The predicted octanol–water partition coefficient (Wildman–Crippen LogP) is 6.01. The molecule has 4 rings (SSSR count). The molecule has 0 fully saturated rings. The molecule has 0 saturated heterocycles. The Hall–Kier alpha value is -2.93. The Morgan fingerprint density at radius 1 is 0.784 bits per heavy atom. The summed E-state index contributed by atoms with van der Waals surface area (Å²) in [7, 11) is 1.68. The Bertz CT molecular complexity index is 1440. The van der Waals surface area contributed by atoms with E-state index < -0.39 is 29.2 Å². The largest absolute Gasteiger partial charge is 2.00 e. The third-order valence-electron chi connectivity index (χ3n) is 5.75. The molecule has 10 heteroatoms. The van der Waals surface area contributed by atoms with Crippen molar-refractivity contribution in [3.63, 3.8) is 0 Å². The van der Waals surface area contributed by atoms with Gasteiger partial charge in [0.1, 0.15) is 23.8 Å². The molecular weight excluding hydrogens is 665 g/mol. The first kappa shape index (κ1) is 28.6. The van der Waals surface area contributed by atoms with Crippen LogP contribution in [0.3, 0.4) is 0 Å². The Labute approximate surface area is 227 Å². The van der Waals surface area contributed by atoms with Crippen LogP contribution in [0, 0.1) is 41.3 Å². The fourth-order valence-corrected chi connectivity index (χ4v) is 3.96. The van der Waals surface area contributed by atoms with E-state index >= 15 is 0 Å². The number of rotatable bonds is 5. The molecule has 0 unspecified atom stereocenters. The molecule has 0 aromatic carbocycles. The molecule has 0 radical (unpaired) electrons. The Morgan fingerprint density at radius 2 is 1.35 bits per heavy atom. The van der Waals surface area contributed by atoms with Crippen molar-refractivity contribution >= 4 is 0 Å². The van der Waals surface area contributed by atoms with Crippen LogP contribution in [-0.2, 0) is 39.9 Å². The quantitative estimate of drug-likeness (QED) is 0.146. The van der Waals surface area contributed by atoms with E-state index in [1.807, 2.05) is 19.9 Å². The van der Waals surface area contributed by atoms with Gasteiger partial charge < -0.3 is 9.55 Å². The van der Waals surface area contributed by atoms with E-state index in [-0.39, 0.29) is 49.1 Å². The topological polar surface area (TPSA) is 56.5 Å². The second-order valence-electron chi connectivity index (χ2n) is 10.4. The minimum absolute atomic E-state index is 0. The van der Waals surface area contributed by atoms with Crippen LogP contribution in [0.5, 0.6) is 0 Å². The van der Waals surface area contributed by atoms with Crippen LogP contribution in [0.2, 0.25) is 0 Å². The number of hydrogen-bond donors (Lipinski definition) is 0. The molecule has 0 N–H and O–H groups in total. The van der Waals surface area contributed by atoms with Crippen molar-refractivity contribution in [2.75, 3.05) is 0 Å². The number of halogens is 4. The summed E-state index contributed by atoms with van der Waals surface area (Å²) >= 11 is 0. The summed E-state index contributed by atoms with van der Waals surface area (Å²) in [5, 5.41) is 0. The predicted molar refractivity (Wildman–Crippen MR) is 127 cm³/mol. The summed E-state index contributed by atoms with van der Waals surface area (Å²) in [6.45, 7) is 10.0. The van der Waals surface area contributed by atoms with Crippen molar-refractivity contribution in [2.24, 2.45) is 12.5 Å². The maximum absolute atomic E-state index is 14.6. The second-order valence-corrected chi connectivity index (χ2v) is 10.4. The van der Waals surface area contributed by atoms with E-state index in [4.69, 9.17) is 0 Å². The molecule has 37 heavy (non-hydrogen) atoms. The van der Waals surface area contributed by atoms with Crippen molar-refractivity contribution in [3.8, 4) is 22.6 Å². The summed E-state index contributed by atoms with van der Waals surface area (Å²) < 4.78 is 57.2. The van der Waals surface area contributed by atoms with Crippen LogP contribution < -0.4 is 0 Å². The fraction of sp³-hybridized carbons (Fsp3) is 0.333. The first-order chi connectivity index (χ1) is 16.7. The average molecular weight is 691 g/mol. The molecule has 0 aliphatic heterocycles. The summed E-state index contributed by atoms with van der Waals surface area (Å²) in [6.07, 6.45) is 2.38. The molecule has 5 nitrogen and oxygen atoms in total. The molecule has 0 amide bonds. The van der Waals surface area contributed by atoms with Crippen LogP contribution in [0.4, 0.5) is 17.6 Å². The summed E-state index contributed by atoms with van der Waals surface area (Å²) in [5.41, 5.74) is 1.28. The van der Waals surface area contributed by atoms with Gasteiger partial charge in [0.15, 0.2) is 0 Å². The maximum atomic E-state index is 14.6. The van der Waals surface area contributed by atoms with E-state index in [1.54, 1.807) is 23.9 Å². The molecule has 0 aliphatic carbocycles. The Balaban J connectivity index is 0.00000380. The van der Waals surface area contributed by atoms with Crippen molar-refractivity contribution < 1.29 is 38.6 Å².